The van der Waals surface area contributed by atoms with Gasteiger partial charge in [0.1, 0.15) is 6.04 Å². The van der Waals surface area contributed by atoms with Crippen LogP contribution < -0.4 is 16.4 Å². The third-order valence-corrected chi connectivity index (χ3v) is 3.44. The number of carboxylic acids is 1. The molecule has 0 aliphatic carbocycles. The van der Waals surface area contributed by atoms with E-state index in [1.807, 2.05) is 12.3 Å². The van der Waals surface area contributed by atoms with E-state index in [1.165, 1.54) is 11.3 Å². The molecular formula is C12H18N4O4S. The second-order valence-electron chi connectivity index (χ2n) is 4.40. The van der Waals surface area contributed by atoms with E-state index in [4.69, 9.17) is 10.8 Å². The van der Waals surface area contributed by atoms with Gasteiger partial charge in [-0.2, -0.15) is 0 Å². The standard InChI is InChI=1S/C12H18N4O4S/c1-7-15-8(6-21-7)4-5-14-12(20)16-9(11(18)19)2-3-10(13)17/h6,9H,2-5H2,1H3,(H2,13,17)(H,18,19)(H2,14,16,20). The van der Waals surface area contributed by atoms with Crippen molar-refractivity contribution >= 4 is 29.2 Å². The summed E-state index contributed by atoms with van der Waals surface area (Å²) in [7, 11) is 0. The van der Waals surface area contributed by atoms with Gasteiger partial charge in [-0.1, -0.05) is 0 Å². The molecule has 1 heterocycles. The summed E-state index contributed by atoms with van der Waals surface area (Å²) in [6.45, 7) is 2.24. The van der Waals surface area contributed by atoms with Gasteiger partial charge in [-0.15, -0.1) is 11.3 Å². The minimum atomic E-state index is -1.21. The van der Waals surface area contributed by atoms with Crippen LogP contribution in [0.2, 0.25) is 0 Å². The lowest BCUT2D eigenvalue weighted by molar-refractivity contribution is -0.139. The van der Waals surface area contributed by atoms with Gasteiger partial charge in [0.05, 0.1) is 10.7 Å². The molecule has 0 aromatic carbocycles. The lowest BCUT2D eigenvalue weighted by atomic mass is 10.1. The van der Waals surface area contributed by atoms with Crippen LogP contribution in [0.4, 0.5) is 4.79 Å². The van der Waals surface area contributed by atoms with Crippen LogP contribution in [0.25, 0.3) is 0 Å². The zero-order valence-electron chi connectivity index (χ0n) is 11.6. The van der Waals surface area contributed by atoms with E-state index in [0.717, 1.165) is 10.7 Å². The molecule has 0 spiro atoms. The summed E-state index contributed by atoms with van der Waals surface area (Å²) in [6.07, 6.45) is 0.426. The fourth-order valence-corrected chi connectivity index (χ4v) is 2.23. The van der Waals surface area contributed by atoms with Gasteiger partial charge in [0.15, 0.2) is 0 Å². The van der Waals surface area contributed by atoms with Crippen molar-refractivity contribution in [1.29, 1.82) is 0 Å². The average Bonchev–Trinajstić information content (AvgIpc) is 2.79. The monoisotopic (exact) mass is 314 g/mol. The number of hydrogen-bond acceptors (Lipinski definition) is 5. The maximum Gasteiger partial charge on any atom is 0.326 e. The molecule has 5 N–H and O–H groups in total. The van der Waals surface area contributed by atoms with E-state index in [1.54, 1.807) is 0 Å². The van der Waals surface area contributed by atoms with Crippen LogP contribution in [0.1, 0.15) is 23.5 Å². The number of rotatable bonds is 8. The molecule has 0 aliphatic rings. The number of thiazole rings is 1. The van der Waals surface area contributed by atoms with E-state index in [-0.39, 0.29) is 12.8 Å². The highest BCUT2D eigenvalue weighted by Gasteiger charge is 2.20. The van der Waals surface area contributed by atoms with Crippen molar-refractivity contribution in [2.45, 2.75) is 32.2 Å². The molecule has 0 fully saturated rings. The van der Waals surface area contributed by atoms with Gasteiger partial charge < -0.3 is 21.5 Å². The van der Waals surface area contributed by atoms with Gasteiger partial charge >= 0.3 is 12.0 Å². The Bertz CT molecular complexity index is 517. The van der Waals surface area contributed by atoms with E-state index in [2.05, 4.69) is 15.6 Å². The van der Waals surface area contributed by atoms with E-state index in [0.29, 0.717) is 13.0 Å². The lowest BCUT2D eigenvalue weighted by Crippen LogP contribution is -2.46. The molecule has 9 heteroatoms. The molecule has 1 atom stereocenters. The smallest absolute Gasteiger partial charge is 0.326 e. The van der Waals surface area contributed by atoms with Gasteiger partial charge in [-0.3, -0.25) is 4.79 Å². The molecule has 0 aliphatic heterocycles. The van der Waals surface area contributed by atoms with Crippen molar-refractivity contribution in [2.24, 2.45) is 5.73 Å². The first-order valence-electron chi connectivity index (χ1n) is 6.35. The van der Waals surface area contributed by atoms with Crippen LogP contribution in [0.3, 0.4) is 0 Å². The molecule has 1 unspecified atom stereocenters. The highest BCUT2D eigenvalue weighted by molar-refractivity contribution is 7.09. The van der Waals surface area contributed by atoms with Crippen LogP contribution in [0, 0.1) is 6.92 Å². The second-order valence-corrected chi connectivity index (χ2v) is 5.47. The number of aromatic nitrogens is 1. The van der Waals surface area contributed by atoms with Crippen molar-refractivity contribution < 1.29 is 19.5 Å². The summed E-state index contributed by atoms with van der Waals surface area (Å²) in [5, 5.41) is 16.6. The van der Waals surface area contributed by atoms with Gasteiger partial charge in [0, 0.05) is 24.8 Å². The number of nitrogens with zero attached hydrogens (tertiary/aromatic N) is 1. The average molecular weight is 314 g/mol. The Morgan fingerprint density at radius 1 is 1.48 bits per heavy atom. The Kier molecular flexibility index (Phi) is 6.60. The number of carbonyl (C=O) groups is 3. The van der Waals surface area contributed by atoms with E-state index >= 15 is 0 Å². The number of nitrogens with two attached hydrogens (primary N) is 1. The van der Waals surface area contributed by atoms with E-state index in [9.17, 15) is 14.4 Å². The van der Waals surface area contributed by atoms with E-state index < -0.39 is 23.9 Å². The molecule has 3 amide bonds. The second kappa shape index (κ2) is 8.20. The van der Waals surface area contributed by atoms with Crippen LogP contribution in [0.5, 0.6) is 0 Å². The quantitative estimate of drug-likeness (QED) is 0.536. The number of amides is 3. The fourth-order valence-electron chi connectivity index (χ4n) is 1.58. The highest BCUT2D eigenvalue weighted by Crippen LogP contribution is 2.07. The predicted molar refractivity (Wildman–Crippen MR) is 76.9 cm³/mol. The van der Waals surface area contributed by atoms with Gasteiger partial charge in [-0.05, 0) is 13.3 Å². The van der Waals surface area contributed by atoms with Gasteiger partial charge in [-0.25, -0.2) is 14.6 Å². The topological polar surface area (TPSA) is 134 Å². The number of urea groups is 1. The number of aliphatic carboxylic acids is 1. The summed E-state index contributed by atoms with van der Waals surface area (Å²) in [6, 6.07) is -1.74. The normalized spacial score (nSPS) is 11.7. The van der Waals surface area contributed by atoms with Crippen molar-refractivity contribution in [3.05, 3.63) is 16.1 Å². The largest absolute Gasteiger partial charge is 0.480 e. The highest BCUT2D eigenvalue weighted by atomic mass is 32.1. The Morgan fingerprint density at radius 2 is 2.19 bits per heavy atom. The van der Waals surface area contributed by atoms with Crippen LogP contribution >= 0.6 is 11.3 Å². The third kappa shape index (κ3) is 6.70. The Morgan fingerprint density at radius 3 is 2.71 bits per heavy atom. The molecule has 0 bridgehead atoms. The van der Waals surface area contributed by atoms with Crippen molar-refractivity contribution in [3.8, 4) is 0 Å². The number of primary amides is 1. The van der Waals surface area contributed by atoms with Crippen molar-refractivity contribution in [3.63, 3.8) is 0 Å². The summed E-state index contributed by atoms with van der Waals surface area (Å²) in [5.41, 5.74) is 5.83. The van der Waals surface area contributed by atoms with Crippen molar-refractivity contribution in [2.75, 3.05) is 6.54 Å². The molecule has 0 saturated carbocycles. The Hall–Kier alpha value is -2.16. The fraction of sp³-hybridized carbons (Fsp3) is 0.500. The van der Waals surface area contributed by atoms with Crippen LogP contribution in [-0.4, -0.2) is 40.6 Å². The number of nitrogens with one attached hydrogen (secondary N) is 2. The molecule has 0 radical (unpaired) electrons. The van der Waals surface area contributed by atoms with Gasteiger partial charge in [0.2, 0.25) is 5.91 Å². The maximum atomic E-state index is 11.6. The molecule has 0 saturated heterocycles. The lowest BCUT2D eigenvalue weighted by Gasteiger charge is -2.14. The molecule has 116 valence electrons. The molecule has 1 aromatic heterocycles. The first kappa shape index (κ1) is 16.9. The summed E-state index contributed by atoms with van der Waals surface area (Å²) >= 11 is 1.53. The van der Waals surface area contributed by atoms with Crippen LogP contribution in [0.15, 0.2) is 5.38 Å². The first-order valence-corrected chi connectivity index (χ1v) is 7.23. The minimum absolute atomic E-state index is 0.0383. The molecule has 1 aromatic rings. The zero-order valence-corrected chi connectivity index (χ0v) is 12.4. The Balaban J connectivity index is 2.32. The zero-order chi connectivity index (χ0) is 15.8. The Labute approximate surface area is 125 Å². The number of carbonyl (C=O) groups excluding carboxylic acids is 2. The minimum Gasteiger partial charge on any atom is -0.480 e. The summed E-state index contributed by atoms with van der Waals surface area (Å²) in [5.74, 6) is -1.82. The maximum absolute atomic E-state index is 11.6. The SMILES string of the molecule is Cc1nc(CCNC(=O)NC(CCC(N)=O)C(=O)O)cs1. The van der Waals surface area contributed by atoms with Crippen molar-refractivity contribution in [1.82, 2.24) is 15.6 Å². The molecular weight excluding hydrogens is 296 g/mol. The molecule has 1 rings (SSSR count). The number of carboxylic acid groups (broad SMARTS) is 1. The third-order valence-electron chi connectivity index (χ3n) is 2.62. The number of aryl methyl sites for hydroxylation is 1. The first-order chi connectivity index (χ1) is 9.88. The molecule has 8 nitrogen and oxygen atoms in total. The predicted octanol–water partition coefficient (Wildman–Crippen LogP) is 0.0119. The summed E-state index contributed by atoms with van der Waals surface area (Å²) in [4.78, 5) is 37.4. The van der Waals surface area contributed by atoms with Gasteiger partial charge in [0.25, 0.3) is 0 Å². The number of hydrogen-bond donors (Lipinski definition) is 4. The summed E-state index contributed by atoms with van der Waals surface area (Å²) < 4.78 is 0. The van der Waals surface area contributed by atoms with Crippen LogP contribution in [-0.2, 0) is 16.0 Å². The molecule has 21 heavy (non-hydrogen) atoms.